The van der Waals surface area contributed by atoms with Gasteiger partial charge in [-0.15, -0.1) is 0 Å². The van der Waals surface area contributed by atoms with Crippen molar-refractivity contribution in [1.29, 1.82) is 0 Å². The Balaban J connectivity index is 2.16. The van der Waals surface area contributed by atoms with Gasteiger partial charge >= 0.3 is 5.97 Å². The monoisotopic (exact) mass is 301 g/mol. The topological polar surface area (TPSA) is 120 Å². The van der Waals surface area contributed by atoms with E-state index in [9.17, 15) is 23.1 Å². The summed E-state index contributed by atoms with van der Waals surface area (Å²) >= 11 is 0. The number of carbonyl (C=O) groups excluding carboxylic acids is 1. The average Bonchev–Trinajstić information content (AvgIpc) is 2.80. The van der Waals surface area contributed by atoms with Crippen LogP contribution in [0.3, 0.4) is 0 Å². The van der Waals surface area contributed by atoms with Crippen molar-refractivity contribution in [3.63, 3.8) is 0 Å². The van der Waals surface area contributed by atoms with Crippen molar-refractivity contribution < 1.29 is 23.1 Å². The van der Waals surface area contributed by atoms with Crippen LogP contribution in [0.2, 0.25) is 0 Å². The Kier molecular flexibility index (Phi) is 3.80. The Hall–Kier alpha value is -1.90. The second-order valence-corrected chi connectivity index (χ2v) is 7.05. The van der Waals surface area contributed by atoms with Crippen LogP contribution in [0.15, 0.2) is 6.33 Å². The van der Waals surface area contributed by atoms with Gasteiger partial charge in [-0.3, -0.25) is 4.79 Å². The van der Waals surface area contributed by atoms with Crippen LogP contribution in [0, 0.1) is 0 Å². The highest BCUT2D eigenvalue weighted by atomic mass is 32.2. The molecule has 20 heavy (non-hydrogen) atoms. The van der Waals surface area contributed by atoms with Gasteiger partial charge in [0.05, 0.1) is 30.0 Å². The fourth-order valence-corrected chi connectivity index (χ4v) is 2.68. The van der Waals surface area contributed by atoms with Gasteiger partial charge in [-0.2, -0.15) is 0 Å². The van der Waals surface area contributed by atoms with E-state index in [1.807, 2.05) is 0 Å². The molecule has 2 heterocycles. The first kappa shape index (κ1) is 14.5. The summed E-state index contributed by atoms with van der Waals surface area (Å²) in [5.74, 6) is -1.89. The molecule has 1 aromatic heterocycles. The summed E-state index contributed by atoms with van der Waals surface area (Å²) in [5, 5.41) is 9.20. The van der Waals surface area contributed by atoms with E-state index in [-0.39, 0.29) is 25.1 Å². The maximum atomic E-state index is 12.1. The number of sulfone groups is 1. The molecule has 1 amide bonds. The van der Waals surface area contributed by atoms with Gasteiger partial charge < -0.3 is 15.0 Å². The number of H-pyrrole nitrogens is 1. The van der Waals surface area contributed by atoms with Gasteiger partial charge in [-0.05, 0) is 0 Å². The van der Waals surface area contributed by atoms with Crippen molar-refractivity contribution in [3.05, 3.63) is 17.7 Å². The zero-order valence-electron chi connectivity index (χ0n) is 10.9. The highest BCUT2D eigenvalue weighted by Crippen LogP contribution is 2.21. The molecular formula is C11H15N3O5S. The zero-order valence-corrected chi connectivity index (χ0v) is 11.7. The van der Waals surface area contributed by atoms with Crippen LogP contribution in [0.5, 0.6) is 0 Å². The normalized spacial score (nSPS) is 18.6. The molecule has 2 N–H and O–H groups in total. The summed E-state index contributed by atoms with van der Waals surface area (Å²) in [7, 11) is -3.26. The molecule has 0 spiro atoms. The maximum Gasteiger partial charge on any atom is 0.326 e. The van der Waals surface area contributed by atoms with Crippen molar-refractivity contribution in [2.75, 3.05) is 12.0 Å². The number of hydrogen-bond donors (Lipinski definition) is 2. The van der Waals surface area contributed by atoms with E-state index in [0.29, 0.717) is 11.4 Å². The summed E-state index contributed by atoms with van der Waals surface area (Å²) < 4.78 is 22.2. The number of aromatic nitrogens is 2. The number of carboxylic acid groups (broad SMARTS) is 1. The molecule has 0 radical (unpaired) electrons. The summed E-state index contributed by atoms with van der Waals surface area (Å²) in [6.07, 6.45) is 2.40. The Morgan fingerprint density at radius 3 is 2.85 bits per heavy atom. The summed E-state index contributed by atoms with van der Waals surface area (Å²) in [4.78, 5) is 31.4. The van der Waals surface area contributed by atoms with Crippen LogP contribution in [0.4, 0.5) is 0 Å². The first-order valence-electron chi connectivity index (χ1n) is 5.99. The minimum atomic E-state index is -3.26. The Bertz CT molecular complexity index is 636. The number of carboxylic acids is 1. The number of fused-ring (bicyclic) bond motifs is 1. The smallest absolute Gasteiger partial charge is 0.326 e. The number of carbonyl (C=O) groups is 2. The Morgan fingerprint density at radius 2 is 2.25 bits per heavy atom. The number of aliphatic carboxylic acids is 1. The maximum absolute atomic E-state index is 12.1. The van der Waals surface area contributed by atoms with Crippen molar-refractivity contribution >= 4 is 21.7 Å². The molecule has 1 aromatic rings. The third kappa shape index (κ3) is 3.16. The van der Waals surface area contributed by atoms with E-state index >= 15 is 0 Å². The third-order valence-corrected chi connectivity index (χ3v) is 4.14. The quantitative estimate of drug-likeness (QED) is 0.750. The minimum absolute atomic E-state index is 0.106. The van der Waals surface area contributed by atoms with E-state index in [1.165, 1.54) is 11.2 Å². The van der Waals surface area contributed by atoms with Crippen LogP contribution >= 0.6 is 0 Å². The van der Waals surface area contributed by atoms with Gasteiger partial charge in [0.1, 0.15) is 15.9 Å². The van der Waals surface area contributed by atoms with Crippen LogP contribution in [0.25, 0.3) is 0 Å². The highest BCUT2D eigenvalue weighted by Gasteiger charge is 2.35. The third-order valence-electron chi connectivity index (χ3n) is 3.19. The fraction of sp³-hybridized carbons (Fsp3) is 0.545. The number of nitrogens with zero attached hydrogens (tertiary/aromatic N) is 2. The van der Waals surface area contributed by atoms with E-state index in [1.54, 1.807) is 0 Å². The minimum Gasteiger partial charge on any atom is -0.480 e. The van der Waals surface area contributed by atoms with E-state index in [0.717, 1.165) is 6.26 Å². The standard InChI is InChI=1S/C11H15N3O5S/c1-20(18,19)3-2-10(15)14-5-8-7(12-6-13-8)4-9(14)11(16)17/h6,9H,2-5H2,1H3,(H,12,13)(H,16,17). The van der Waals surface area contributed by atoms with Crippen molar-refractivity contribution in [2.24, 2.45) is 0 Å². The number of hydrogen-bond acceptors (Lipinski definition) is 5. The molecule has 8 nitrogen and oxygen atoms in total. The van der Waals surface area contributed by atoms with Crippen LogP contribution < -0.4 is 0 Å². The van der Waals surface area contributed by atoms with Crippen LogP contribution in [0.1, 0.15) is 17.8 Å². The lowest BCUT2D eigenvalue weighted by atomic mass is 10.0. The van der Waals surface area contributed by atoms with E-state index in [4.69, 9.17) is 0 Å². The molecule has 1 unspecified atom stereocenters. The van der Waals surface area contributed by atoms with Gasteiger partial charge in [-0.25, -0.2) is 18.2 Å². The molecule has 1 atom stereocenters. The van der Waals surface area contributed by atoms with Crippen molar-refractivity contribution in [1.82, 2.24) is 14.9 Å². The summed E-state index contributed by atoms with van der Waals surface area (Å²) in [5.41, 5.74) is 1.32. The molecule has 0 bridgehead atoms. The molecule has 0 saturated heterocycles. The molecule has 9 heteroatoms. The average molecular weight is 301 g/mol. The first-order chi connectivity index (χ1) is 9.28. The number of imidazole rings is 1. The molecule has 0 fully saturated rings. The van der Waals surface area contributed by atoms with Gasteiger partial charge in [0, 0.05) is 19.1 Å². The largest absolute Gasteiger partial charge is 0.480 e. The Labute approximate surface area is 115 Å². The second kappa shape index (κ2) is 5.23. The lowest BCUT2D eigenvalue weighted by molar-refractivity contribution is -0.151. The van der Waals surface area contributed by atoms with Gasteiger partial charge in [0.15, 0.2) is 0 Å². The van der Waals surface area contributed by atoms with Crippen LogP contribution in [-0.4, -0.2) is 58.3 Å². The number of amides is 1. The number of nitrogens with one attached hydrogen (secondary N) is 1. The van der Waals surface area contributed by atoms with Crippen molar-refractivity contribution in [2.45, 2.75) is 25.4 Å². The lowest BCUT2D eigenvalue weighted by Crippen LogP contribution is -2.49. The molecule has 0 aromatic carbocycles. The van der Waals surface area contributed by atoms with Gasteiger partial charge in [0.25, 0.3) is 0 Å². The molecule has 0 aliphatic carbocycles. The summed E-state index contributed by atoms with van der Waals surface area (Å²) in [6, 6.07) is -1.00. The molecule has 1 aliphatic rings. The molecule has 1 aliphatic heterocycles. The predicted molar refractivity (Wildman–Crippen MR) is 68.6 cm³/mol. The zero-order chi connectivity index (χ0) is 14.9. The highest BCUT2D eigenvalue weighted by molar-refractivity contribution is 7.90. The van der Waals surface area contributed by atoms with Gasteiger partial charge in [-0.1, -0.05) is 0 Å². The number of rotatable bonds is 4. The molecule has 0 saturated carbocycles. The second-order valence-electron chi connectivity index (χ2n) is 4.79. The van der Waals surface area contributed by atoms with Gasteiger partial charge in [0.2, 0.25) is 5.91 Å². The molecule has 2 rings (SSSR count). The predicted octanol–water partition coefficient (Wildman–Crippen LogP) is -0.818. The Morgan fingerprint density at radius 1 is 1.55 bits per heavy atom. The molecule has 110 valence electrons. The molecular weight excluding hydrogens is 286 g/mol. The number of aromatic amines is 1. The van der Waals surface area contributed by atoms with Crippen molar-refractivity contribution in [3.8, 4) is 0 Å². The first-order valence-corrected chi connectivity index (χ1v) is 8.05. The fourth-order valence-electron chi connectivity index (χ4n) is 2.13. The summed E-state index contributed by atoms with van der Waals surface area (Å²) in [6.45, 7) is 0.106. The lowest BCUT2D eigenvalue weighted by Gasteiger charge is -2.32. The SMILES string of the molecule is CS(=O)(=O)CCC(=O)N1Cc2[nH]cnc2CC1C(=O)O. The van der Waals surface area contributed by atoms with E-state index in [2.05, 4.69) is 9.97 Å². The van der Waals surface area contributed by atoms with E-state index < -0.39 is 27.8 Å². The van der Waals surface area contributed by atoms with Crippen LogP contribution in [-0.2, 0) is 32.4 Å².